The molecule has 1 heterocycles. The van der Waals surface area contributed by atoms with Crippen LogP contribution in [0.15, 0.2) is 54.6 Å². The summed E-state index contributed by atoms with van der Waals surface area (Å²) in [6, 6.07) is 21.2. The maximum atomic E-state index is 12.9. The molecule has 2 atom stereocenters. The molecule has 1 aliphatic carbocycles. The maximum Gasteiger partial charge on any atom is 0.410 e. The number of hydrogen-bond donors (Lipinski definition) is 0. The Morgan fingerprint density at radius 1 is 1.05 bits per heavy atom. The van der Waals surface area contributed by atoms with E-state index in [1.807, 2.05) is 43.9 Å². The number of carbonyl (C=O) groups excluding carboxylic acids is 2. The van der Waals surface area contributed by atoms with Crippen LogP contribution in [-0.2, 0) is 22.4 Å². The first-order valence-electron chi connectivity index (χ1n) is 13.3. The van der Waals surface area contributed by atoms with Gasteiger partial charge in [-0.1, -0.05) is 54.6 Å². The van der Waals surface area contributed by atoms with Gasteiger partial charge in [0.05, 0.1) is 12.5 Å². The Bertz CT molecular complexity index is 1120. The summed E-state index contributed by atoms with van der Waals surface area (Å²) in [7, 11) is 0. The van der Waals surface area contributed by atoms with Gasteiger partial charge in [-0.15, -0.1) is 0 Å². The molecular weight excluding hydrogens is 462 g/mol. The maximum absolute atomic E-state index is 12.9. The van der Waals surface area contributed by atoms with Gasteiger partial charge in [-0.2, -0.15) is 5.26 Å². The zero-order valence-corrected chi connectivity index (χ0v) is 22.6. The number of likely N-dealkylation sites (tertiary alicyclic amines) is 1. The molecule has 2 aromatic rings. The van der Waals surface area contributed by atoms with Crippen molar-refractivity contribution in [3.05, 3.63) is 71.3 Å². The number of ether oxygens (including phenoxy) is 1. The summed E-state index contributed by atoms with van der Waals surface area (Å²) >= 11 is 0. The van der Waals surface area contributed by atoms with E-state index in [4.69, 9.17) is 10.00 Å². The smallest absolute Gasteiger partial charge is 0.410 e. The standard InChI is InChI=1S/C31H39N3O3/c1-23(35)34(28-20-27(28)26-8-6-5-7-9-26)22-31(21-25-12-10-24(11-13-25)14-17-32)15-18-33(19-16-31)29(36)37-30(2,3)4/h5-13,27-28H,14-16,18-22H2,1-4H3/t27?,28-/m1/s1. The van der Waals surface area contributed by atoms with Crippen LogP contribution in [0.25, 0.3) is 0 Å². The summed E-state index contributed by atoms with van der Waals surface area (Å²) < 4.78 is 5.63. The molecule has 6 heteroatoms. The van der Waals surface area contributed by atoms with Crippen LogP contribution in [0.2, 0.25) is 0 Å². The normalized spacial score (nSPS) is 20.6. The fourth-order valence-corrected chi connectivity index (χ4v) is 5.59. The summed E-state index contributed by atoms with van der Waals surface area (Å²) in [4.78, 5) is 29.6. The lowest BCUT2D eigenvalue weighted by molar-refractivity contribution is -0.132. The number of nitrogens with zero attached hydrogens (tertiary/aromatic N) is 3. The van der Waals surface area contributed by atoms with E-state index >= 15 is 0 Å². The minimum absolute atomic E-state index is 0.113. The van der Waals surface area contributed by atoms with Crippen LogP contribution in [0.5, 0.6) is 0 Å². The second kappa shape index (κ2) is 11.0. The molecule has 1 saturated carbocycles. The van der Waals surface area contributed by atoms with Gasteiger partial charge in [0, 0.05) is 38.5 Å². The van der Waals surface area contributed by atoms with Crippen LogP contribution in [0.1, 0.15) is 69.6 Å². The lowest BCUT2D eigenvalue weighted by Gasteiger charge is -2.45. The predicted octanol–water partition coefficient (Wildman–Crippen LogP) is 5.72. The van der Waals surface area contributed by atoms with Gasteiger partial charge in [0.15, 0.2) is 0 Å². The number of piperidine rings is 1. The van der Waals surface area contributed by atoms with Crippen LogP contribution in [-0.4, -0.2) is 53.1 Å². The van der Waals surface area contributed by atoms with Crippen LogP contribution in [0, 0.1) is 16.7 Å². The summed E-state index contributed by atoms with van der Waals surface area (Å²) in [6.07, 6.45) is 3.56. The molecule has 1 aliphatic heterocycles. The lowest BCUT2D eigenvalue weighted by atomic mass is 9.73. The Hall–Kier alpha value is -3.33. The van der Waals surface area contributed by atoms with Crippen molar-refractivity contribution in [2.24, 2.45) is 5.41 Å². The van der Waals surface area contributed by atoms with Crippen molar-refractivity contribution in [1.29, 1.82) is 5.26 Å². The third kappa shape index (κ3) is 6.91. The van der Waals surface area contributed by atoms with Gasteiger partial charge in [-0.05, 0) is 68.6 Å². The second-order valence-corrected chi connectivity index (χ2v) is 11.8. The fraction of sp³-hybridized carbons (Fsp3) is 0.516. The highest BCUT2D eigenvalue weighted by Crippen LogP contribution is 2.47. The molecule has 0 spiro atoms. The molecule has 1 saturated heterocycles. The molecule has 4 rings (SSSR count). The minimum Gasteiger partial charge on any atom is -0.444 e. The quantitative estimate of drug-likeness (QED) is 0.487. The summed E-state index contributed by atoms with van der Waals surface area (Å²) in [5, 5.41) is 9.01. The molecule has 2 aliphatic rings. The highest BCUT2D eigenvalue weighted by molar-refractivity contribution is 5.74. The van der Waals surface area contributed by atoms with E-state index in [1.54, 1.807) is 6.92 Å². The van der Waals surface area contributed by atoms with E-state index < -0.39 is 5.60 Å². The van der Waals surface area contributed by atoms with Crippen molar-refractivity contribution in [3.8, 4) is 6.07 Å². The SMILES string of the molecule is CC(=O)N(CC1(Cc2ccc(CC#N)cc2)CCN(C(=O)OC(C)(C)C)CC1)[C@@H]1CC1c1ccccc1. The van der Waals surface area contributed by atoms with Gasteiger partial charge in [-0.25, -0.2) is 4.79 Å². The number of nitriles is 1. The number of hydrogen-bond acceptors (Lipinski definition) is 4. The molecule has 196 valence electrons. The monoisotopic (exact) mass is 501 g/mol. The number of carbonyl (C=O) groups is 2. The van der Waals surface area contributed by atoms with Gasteiger partial charge in [0.25, 0.3) is 0 Å². The number of benzene rings is 2. The van der Waals surface area contributed by atoms with Crippen molar-refractivity contribution >= 4 is 12.0 Å². The second-order valence-electron chi connectivity index (χ2n) is 11.8. The first-order chi connectivity index (χ1) is 17.6. The molecule has 0 bridgehead atoms. The summed E-state index contributed by atoms with van der Waals surface area (Å²) in [6.45, 7) is 9.24. The van der Waals surface area contributed by atoms with E-state index in [9.17, 15) is 9.59 Å². The Morgan fingerprint density at radius 2 is 1.68 bits per heavy atom. The molecule has 6 nitrogen and oxygen atoms in total. The first kappa shape index (κ1) is 26.7. The number of rotatable bonds is 7. The molecular formula is C31H39N3O3. The van der Waals surface area contributed by atoms with E-state index in [0.29, 0.717) is 32.0 Å². The van der Waals surface area contributed by atoms with E-state index in [0.717, 1.165) is 31.2 Å². The lowest BCUT2D eigenvalue weighted by Crippen LogP contribution is -2.51. The van der Waals surface area contributed by atoms with E-state index in [-0.39, 0.29) is 23.5 Å². The molecule has 0 N–H and O–H groups in total. The van der Waals surface area contributed by atoms with Crippen LogP contribution < -0.4 is 0 Å². The largest absolute Gasteiger partial charge is 0.444 e. The molecule has 1 unspecified atom stereocenters. The van der Waals surface area contributed by atoms with Crippen molar-refractivity contribution in [2.75, 3.05) is 19.6 Å². The molecule has 2 fully saturated rings. The fourth-order valence-electron chi connectivity index (χ4n) is 5.59. The zero-order chi connectivity index (χ0) is 26.6. The van der Waals surface area contributed by atoms with Crippen molar-refractivity contribution < 1.29 is 14.3 Å². The van der Waals surface area contributed by atoms with Gasteiger partial charge >= 0.3 is 6.09 Å². The summed E-state index contributed by atoms with van der Waals surface area (Å²) in [5.41, 5.74) is 2.84. The van der Waals surface area contributed by atoms with Crippen LogP contribution >= 0.6 is 0 Å². The van der Waals surface area contributed by atoms with Gasteiger partial charge in [-0.3, -0.25) is 4.79 Å². The highest BCUT2D eigenvalue weighted by atomic mass is 16.6. The average Bonchev–Trinajstić information content (AvgIpc) is 3.64. The molecule has 2 aromatic carbocycles. The number of amides is 2. The van der Waals surface area contributed by atoms with Crippen molar-refractivity contribution in [2.45, 2.75) is 77.4 Å². The third-order valence-electron chi connectivity index (χ3n) is 7.66. The zero-order valence-electron chi connectivity index (χ0n) is 22.6. The third-order valence-corrected chi connectivity index (χ3v) is 7.66. The predicted molar refractivity (Wildman–Crippen MR) is 144 cm³/mol. The molecule has 0 radical (unpaired) electrons. The Kier molecular flexibility index (Phi) is 7.92. The topological polar surface area (TPSA) is 73.6 Å². The summed E-state index contributed by atoms with van der Waals surface area (Å²) in [5.74, 6) is 0.496. The molecule has 0 aromatic heterocycles. The Morgan fingerprint density at radius 3 is 2.24 bits per heavy atom. The minimum atomic E-state index is -0.527. The molecule has 37 heavy (non-hydrogen) atoms. The molecule has 2 amide bonds. The average molecular weight is 502 g/mol. The Labute approximate surface area is 221 Å². The van der Waals surface area contributed by atoms with Crippen molar-refractivity contribution in [1.82, 2.24) is 9.80 Å². The van der Waals surface area contributed by atoms with Crippen LogP contribution in [0.3, 0.4) is 0 Å². The Balaban J connectivity index is 1.53. The highest BCUT2D eigenvalue weighted by Gasteiger charge is 2.47. The van der Waals surface area contributed by atoms with Gasteiger partial charge < -0.3 is 14.5 Å². The van der Waals surface area contributed by atoms with Crippen LogP contribution in [0.4, 0.5) is 4.79 Å². The van der Waals surface area contributed by atoms with Crippen molar-refractivity contribution in [3.63, 3.8) is 0 Å². The van der Waals surface area contributed by atoms with E-state index in [2.05, 4.69) is 47.4 Å². The van der Waals surface area contributed by atoms with Gasteiger partial charge in [0.1, 0.15) is 5.60 Å². The first-order valence-corrected chi connectivity index (χ1v) is 13.3. The van der Waals surface area contributed by atoms with Gasteiger partial charge in [0.2, 0.25) is 5.91 Å². The van der Waals surface area contributed by atoms with E-state index in [1.165, 1.54) is 11.1 Å².